The summed E-state index contributed by atoms with van der Waals surface area (Å²) in [6.45, 7) is 4.73. The molecular formula is C23H24ClNO3. The van der Waals surface area contributed by atoms with Gasteiger partial charge in [-0.05, 0) is 61.7 Å². The van der Waals surface area contributed by atoms with Gasteiger partial charge in [0.1, 0.15) is 11.2 Å². The lowest BCUT2D eigenvalue weighted by molar-refractivity contribution is 0.139. The van der Waals surface area contributed by atoms with Gasteiger partial charge >= 0.3 is 0 Å². The molecule has 2 bridgehead atoms. The smallest absolute Gasteiger partial charge is 0.200 e. The average Bonchev–Trinajstić information content (AvgIpc) is 2.73. The van der Waals surface area contributed by atoms with Crippen LogP contribution in [0.2, 0.25) is 0 Å². The summed E-state index contributed by atoms with van der Waals surface area (Å²) < 4.78 is 11.7. The number of ether oxygens (including phenoxy) is 1. The maximum atomic E-state index is 12.7. The van der Waals surface area contributed by atoms with Crippen LogP contribution in [0.5, 0.6) is 0 Å². The Morgan fingerprint density at radius 2 is 1.86 bits per heavy atom. The zero-order valence-corrected chi connectivity index (χ0v) is 16.5. The van der Waals surface area contributed by atoms with Crippen LogP contribution >= 0.6 is 12.4 Å². The number of hydrogen-bond acceptors (Lipinski definition) is 4. The van der Waals surface area contributed by atoms with Crippen molar-refractivity contribution < 1.29 is 9.15 Å². The molecule has 4 nitrogen and oxygen atoms in total. The quantitative estimate of drug-likeness (QED) is 0.368. The van der Waals surface area contributed by atoms with Gasteiger partial charge in [0.25, 0.3) is 0 Å². The molecule has 0 atom stereocenters. The molecule has 3 aromatic rings. The minimum Gasteiger partial charge on any atom is -0.456 e. The Bertz CT molecular complexity index is 1080. The second-order valence-electron chi connectivity index (χ2n) is 7.60. The van der Waals surface area contributed by atoms with E-state index in [1.54, 1.807) is 0 Å². The van der Waals surface area contributed by atoms with Gasteiger partial charge in [-0.3, -0.25) is 9.69 Å². The van der Waals surface area contributed by atoms with Gasteiger partial charge in [-0.15, -0.1) is 12.4 Å². The lowest BCUT2D eigenvalue weighted by Crippen LogP contribution is -2.43. The molecule has 0 aliphatic carbocycles. The molecule has 3 fully saturated rings. The van der Waals surface area contributed by atoms with Crippen LogP contribution < -0.4 is 5.43 Å². The van der Waals surface area contributed by atoms with Crippen LogP contribution in [0.4, 0.5) is 0 Å². The average molecular weight is 398 g/mol. The van der Waals surface area contributed by atoms with Gasteiger partial charge in [-0.25, -0.2) is 0 Å². The molecule has 0 spiro atoms. The standard InChI is InChI=1S/C23H23NO3.ClH/c25-23-19-3-1-2-4-21(19)27-22-6-5-16(13-20(22)23)15-26-12-9-18-14-24-10-7-17(18)8-11-24;/h1-6,9,13,17H,7-8,10-12,14-15H2;1H/b18-9+;. The molecular weight excluding hydrogens is 374 g/mol. The number of rotatable bonds is 4. The van der Waals surface area contributed by atoms with Gasteiger partial charge in [0.2, 0.25) is 5.43 Å². The van der Waals surface area contributed by atoms with E-state index >= 15 is 0 Å². The molecule has 3 aliphatic heterocycles. The summed E-state index contributed by atoms with van der Waals surface area (Å²) in [7, 11) is 0. The third-order valence-electron chi connectivity index (χ3n) is 5.89. The Balaban J connectivity index is 0.00000192. The molecule has 0 unspecified atom stereocenters. The van der Waals surface area contributed by atoms with Crippen molar-refractivity contribution in [3.63, 3.8) is 0 Å². The normalized spacial score (nSPS) is 22.6. The van der Waals surface area contributed by atoms with Crippen LogP contribution in [-0.2, 0) is 11.3 Å². The van der Waals surface area contributed by atoms with Crippen LogP contribution in [0.15, 0.2) is 63.3 Å². The van der Waals surface area contributed by atoms with E-state index < -0.39 is 0 Å². The molecule has 0 N–H and O–H groups in total. The number of halogens is 1. The largest absolute Gasteiger partial charge is 0.456 e. The maximum absolute atomic E-state index is 12.7. The minimum absolute atomic E-state index is 0. The highest BCUT2D eigenvalue weighted by molar-refractivity contribution is 5.89. The zero-order valence-electron chi connectivity index (χ0n) is 15.7. The Morgan fingerprint density at radius 1 is 1.07 bits per heavy atom. The lowest BCUT2D eigenvalue weighted by Gasteiger charge is -2.41. The fourth-order valence-corrected chi connectivity index (χ4v) is 4.36. The van der Waals surface area contributed by atoms with E-state index in [1.165, 1.54) is 31.5 Å². The highest BCUT2D eigenvalue weighted by atomic mass is 35.5. The molecule has 5 heteroatoms. The molecule has 28 heavy (non-hydrogen) atoms. The Kier molecular flexibility index (Phi) is 5.54. The molecule has 4 heterocycles. The third kappa shape index (κ3) is 3.60. The molecule has 3 saturated heterocycles. The van der Waals surface area contributed by atoms with Crippen molar-refractivity contribution in [2.45, 2.75) is 19.4 Å². The van der Waals surface area contributed by atoms with Crippen LogP contribution in [0, 0.1) is 5.92 Å². The SMILES string of the molecule is Cl.O=c1c2ccccc2oc2ccc(COC/C=C3\CN4CCC3CC4)cc12. The molecule has 0 amide bonds. The number of fused-ring (bicyclic) bond motifs is 5. The van der Waals surface area contributed by atoms with Gasteiger partial charge < -0.3 is 9.15 Å². The van der Waals surface area contributed by atoms with Crippen molar-refractivity contribution >= 4 is 34.3 Å². The Labute approximate surface area is 170 Å². The van der Waals surface area contributed by atoms with Gasteiger partial charge in [-0.1, -0.05) is 29.8 Å². The van der Waals surface area contributed by atoms with E-state index in [4.69, 9.17) is 9.15 Å². The molecule has 1 aromatic heterocycles. The van der Waals surface area contributed by atoms with E-state index in [9.17, 15) is 4.79 Å². The molecule has 3 aliphatic rings. The Hall–Kier alpha value is -2.14. The monoisotopic (exact) mass is 397 g/mol. The first-order valence-electron chi connectivity index (χ1n) is 9.71. The van der Waals surface area contributed by atoms with Gasteiger partial charge in [0, 0.05) is 6.54 Å². The topological polar surface area (TPSA) is 42.7 Å². The third-order valence-corrected chi connectivity index (χ3v) is 5.89. The maximum Gasteiger partial charge on any atom is 0.200 e. The van der Waals surface area contributed by atoms with E-state index in [0.29, 0.717) is 35.2 Å². The van der Waals surface area contributed by atoms with E-state index in [1.807, 2.05) is 42.5 Å². The first-order chi connectivity index (χ1) is 13.3. The van der Waals surface area contributed by atoms with E-state index in [0.717, 1.165) is 18.0 Å². The predicted molar refractivity (Wildman–Crippen MR) is 114 cm³/mol. The summed E-state index contributed by atoms with van der Waals surface area (Å²) in [5.41, 5.74) is 3.80. The first-order valence-corrected chi connectivity index (χ1v) is 9.71. The summed E-state index contributed by atoms with van der Waals surface area (Å²) in [6, 6.07) is 13.1. The zero-order chi connectivity index (χ0) is 18.2. The molecule has 0 radical (unpaired) electrons. The number of nitrogens with zero attached hydrogens (tertiary/aromatic N) is 1. The summed E-state index contributed by atoms with van der Waals surface area (Å²) in [4.78, 5) is 15.3. The Morgan fingerprint density at radius 3 is 2.64 bits per heavy atom. The minimum atomic E-state index is 0. The number of hydrogen-bond donors (Lipinski definition) is 0. The number of benzene rings is 2. The highest BCUT2D eigenvalue weighted by Gasteiger charge is 2.28. The second-order valence-corrected chi connectivity index (χ2v) is 7.60. The van der Waals surface area contributed by atoms with Crippen molar-refractivity contribution in [3.05, 3.63) is 69.9 Å². The van der Waals surface area contributed by atoms with E-state index in [-0.39, 0.29) is 17.8 Å². The van der Waals surface area contributed by atoms with Crippen LogP contribution in [0.3, 0.4) is 0 Å². The summed E-state index contributed by atoms with van der Waals surface area (Å²) in [5.74, 6) is 0.761. The predicted octanol–water partition coefficient (Wildman–Crippen LogP) is 4.54. The van der Waals surface area contributed by atoms with E-state index in [2.05, 4.69) is 11.0 Å². The molecule has 0 saturated carbocycles. The second kappa shape index (κ2) is 8.08. The van der Waals surface area contributed by atoms with Crippen LogP contribution in [-0.4, -0.2) is 31.1 Å². The van der Waals surface area contributed by atoms with Gasteiger partial charge in [-0.2, -0.15) is 0 Å². The number of para-hydroxylation sites is 1. The fraction of sp³-hybridized carbons (Fsp3) is 0.348. The van der Waals surface area contributed by atoms with Crippen molar-refractivity contribution in [2.24, 2.45) is 5.92 Å². The molecule has 146 valence electrons. The van der Waals surface area contributed by atoms with Crippen LogP contribution in [0.1, 0.15) is 18.4 Å². The summed E-state index contributed by atoms with van der Waals surface area (Å²) >= 11 is 0. The van der Waals surface area contributed by atoms with Crippen molar-refractivity contribution in [1.82, 2.24) is 4.90 Å². The summed E-state index contributed by atoms with van der Waals surface area (Å²) in [6.07, 6.45) is 4.85. The highest BCUT2D eigenvalue weighted by Crippen LogP contribution is 2.31. The molecule has 2 aromatic carbocycles. The summed E-state index contributed by atoms with van der Waals surface area (Å²) in [5, 5.41) is 1.24. The van der Waals surface area contributed by atoms with Gasteiger partial charge in [0.05, 0.1) is 24.0 Å². The van der Waals surface area contributed by atoms with Crippen molar-refractivity contribution in [3.8, 4) is 0 Å². The lowest BCUT2D eigenvalue weighted by atomic mass is 9.84. The number of piperidine rings is 3. The van der Waals surface area contributed by atoms with Gasteiger partial charge in [0.15, 0.2) is 0 Å². The molecule has 6 rings (SSSR count). The fourth-order valence-electron chi connectivity index (χ4n) is 4.36. The van der Waals surface area contributed by atoms with Crippen molar-refractivity contribution in [2.75, 3.05) is 26.2 Å². The first kappa shape index (κ1) is 19.2. The van der Waals surface area contributed by atoms with Crippen LogP contribution in [0.25, 0.3) is 21.9 Å². The van der Waals surface area contributed by atoms with Crippen molar-refractivity contribution in [1.29, 1.82) is 0 Å².